The van der Waals surface area contributed by atoms with Gasteiger partial charge in [-0.25, -0.2) is 4.98 Å². The van der Waals surface area contributed by atoms with Crippen molar-refractivity contribution in [2.24, 2.45) is 5.92 Å². The number of ether oxygens (including phenoxy) is 2. The average molecular weight is 545 g/mol. The molecule has 0 spiro atoms. The maximum absolute atomic E-state index is 11.8. The predicted molar refractivity (Wildman–Crippen MR) is 88.9 cm³/mol. The fourth-order valence-corrected chi connectivity index (χ4v) is 2.95. The summed E-state index contributed by atoms with van der Waals surface area (Å²) in [5.41, 5.74) is 5.15. The van der Waals surface area contributed by atoms with E-state index in [-0.39, 0.29) is 162 Å². The Balaban J connectivity index is -0.00000225. The van der Waals surface area contributed by atoms with Gasteiger partial charge in [-0.3, -0.25) is 9.78 Å². The molecule has 15 nitrogen and oxygen atoms in total. The summed E-state index contributed by atoms with van der Waals surface area (Å²) in [4.78, 5) is 64.2. The van der Waals surface area contributed by atoms with Crippen LogP contribution in [-0.4, -0.2) is 52.3 Å². The number of anilines is 1. The topological polar surface area (TPSA) is 244 Å². The first-order valence-corrected chi connectivity index (χ1v) is 11.2. The Morgan fingerprint density at radius 1 is 1.06 bits per heavy atom. The number of phosphoric ester groups is 1. The number of nitrogens with two attached hydrogens (primary N) is 1. The summed E-state index contributed by atoms with van der Waals surface area (Å²) >= 11 is 0. The molecule has 2 aromatic heterocycles. The molecule has 2 heterocycles. The number of nitrogens with zero attached hydrogens (tertiary/aromatic N) is 3. The Kier molecular flexibility index (Phi) is 22.4. The number of imidazole rings is 1. The number of nitrogens with one attached hydrogen (secondary N) is 1. The molecule has 3 N–H and O–H groups in total. The van der Waals surface area contributed by atoms with Gasteiger partial charge in [-0.2, -0.15) is 4.98 Å². The minimum absolute atomic E-state index is 0. The number of nitrogen functional groups attached to an aromatic ring is 1. The van der Waals surface area contributed by atoms with Crippen molar-refractivity contribution in [1.29, 1.82) is 0 Å². The van der Waals surface area contributed by atoms with Crippen LogP contribution in [0.1, 0.15) is 0 Å². The Hall–Kier alpha value is 2.33. The van der Waals surface area contributed by atoms with Crippen LogP contribution in [0.4, 0.5) is 5.95 Å². The third kappa shape index (κ3) is 16.0. The van der Waals surface area contributed by atoms with Gasteiger partial charge in [0.05, 0.1) is 46.9 Å². The zero-order valence-corrected chi connectivity index (χ0v) is 28.6. The molecular formula is C12H17N5Na4O10P2. The number of hydrogen-bond acceptors (Lipinski definition) is 13. The maximum atomic E-state index is 11.8. The molecule has 0 aliphatic heterocycles. The molecule has 0 saturated carbocycles. The minimum Gasteiger partial charge on any atom is -0.809 e. The summed E-state index contributed by atoms with van der Waals surface area (Å²) in [6, 6.07) is 0. The Bertz CT molecular complexity index is 983. The molecule has 0 bridgehead atoms. The van der Waals surface area contributed by atoms with Crippen molar-refractivity contribution in [3.63, 3.8) is 0 Å². The average Bonchev–Trinajstić information content (AvgIpc) is 2.95. The minimum atomic E-state index is -5.12. The van der Waals surface area contributed by atoms with E-state index >= 15 is 0 Å². The van der Waals surface area contributed by atoms with Gasteiger partial charge >= 0.3 is 118 Å². The summed E-state index contributed by atoms with van der Waals surface area (Å²) < 4.78 is 36.7. The monoisotopic (exact) mass is 545 g/mol. The molecule has 0 aliphatic rings. The summed E-state index contributed by atoms with van der Waals surface area (Å²) in [6.07, 6.45) is 0.275. The van der Waals surface area contributed by atoms with Crippen LogP contribution in [0.25, 0.3) is 11.2 Å². The smallest absolute Gasteiger partial charge is 0.809 e. The number of H-pyrrole nitrogens is 1. The third-order valence-corrected chi connectivity index (χ3v) is 4.38. The molecule has 0 amide bonds. The molecule has 0 fully saturated rings. The van der Waals surface area contributed by atoms with E-state index in [4.69, 9.17) is 15.2 Å². The molecular weight excluding hydrogens is 528 g/mol. The zero-order valence-electron chi connectivity index (χ0n) is 18.8. The van der Waals surface area contributed by atoms with Gasteiger partial charge in [0.25, 0.3) is 5.56 Å². The summed E-state index contributed by atoms with van der Waals surface area (Å²) in [6.45, 7) is -0.990. The Morgan fingerprint density at radius 2 is 1.67 bits per heavy atom. The molecule has 0 saturated heterocycles. The number of hydrogen-bond donors (Lipinski definition) is 2. The zero-order chi connectivity index (χ0) is 21.7. The summed E-state index contributed by atoms with van der Waals surface area (Å²) in [5.74, 6) is -0.698. The van der Waals surface area contributed by atoms with Crippen molar-refractivity contribution in [3.8, 4) is 0 Å². The predicted octanol–water partition coefficient (Wildman–Crippen LogP) is -15.9. The fourth-order valence-electron chi connectivity index (χ4n) is 2.33. The van der Waals surface area contributed by atoms with E-state index in [1.165, 1.54) is 10.9 Å². The van der Waals surface area contributed by atoms with Gasteiger partial charge in [0.1, 0.15) is 0 Å². The van der Waals surface area contributed by atoms with Crippen LogP contribution >= 0.6 is 15.4 Å². The Morgan fingerprint density at radius 3 is 2.24 bits per heavy atom. The number of fused-ring (bicyclic) bond motifs is 1. The van der Waals surface area contributed by atoms with E-state index < -0.39 is 39.9 Å². The van der Waals surface area contributed by atoms with Gasteiger partial charge in [-0.05, 0) is 7.60 Å². The van der Waals surface area contributed by atoms with Crippen LogP contribution < -0.4 is 149 Å². The standard InChI is InChI=1S/C12H21N5O10P2.4Na/c13-12-15-10-9(11(18)16-12)14-6-17(10)3-8(5-26-7-28(19,20)21)4-25-1-2-27-29(22,23)24;;;;/h6,8H,1-5,7H2,(H2,19,20,21)(H2,22,23,24)(H3,13,15,16,18);;;;/q;4*+1/p-4/t8-;;;;/m0..../s1. The van der Waals surface area contributed by atoms with E-state index in [0.29, 0.717) is 0 Å². The molecule has 164 valence electrons. The van der Waals surface area contributed by atoms with E-state index in [9.17, 15) is 33.5 Å². The maximum Gasteiger partial charge on any atom is 1.00 e. The number of aromatic nitrogens is 4. The van der Waals surface area contributed by atoms with E-state index in [2.05, 4.69) is 19.5 Å². The van der Waals surface area contributed by atoms with Crippen LogP contribution in [-0.2, 0) is 29.7 Å². The summed E-state index contributed by atoms with van der Waals surface area (Å²) in [7, 11) is -10.00. The second kappa shape index (κ2) is 18.6. The van der Waals surface area contributed by atoms with E-state index in [0.717, 1.165) is 0 Å². The first-order valence-electron chi connectivity index (χ1n) is 7.98. The fraction of sp³-hybridized carbons (Fsp3) is 0.583. The SMILES string of the molecule is Nc1nc2c(ncn2C[C@@H](COCCOP(=O)([O-])[O-])COCP(=O)([O-])[O-])c(=O)[nH]1.[Na+].[Na+].[Na+].[Na+]. The normalized spacial score (nSPS) is 12.1. The third-order valence-electron chi connectivity index (χ3n) is 3.38. The molecule has 0 radical (unpaired) electrons. The van der Waals surface area contributed by atoms with Crippen LogP contribution in [0.5, 0.6) is 0 Å². The summed E-state index contributed by atoms with van der Waals surface area (Å²) in [5, 5.41) is 0. The molecule has 33 heavy (non-hydrogen) atoms. The molecule has 0 aromatic carbocycles. The largest absolute Gasteiger partial charge is 1.00 e. The molecule has 0 unspecified atom stereocenters. The van der Waals surface area contributed by atoms with Crippen LogP contribution in [0.15, 0.2) is 11.1 Å². The first-order chi connectivity index (χ1) is 13.4. The van der Waals surface area contributed by atoms with Crippen molar-refractivity contribution >= 4 is 32.5 Å². The van der Waals surface area contributed by atoms with Crippen molar-refractivity contribution in [2.45, 2.75) is 6.54 Å². The first kappa shape index (κ1) is 39.8. The second-order valence-corrected chi connectivity index (χ2v) is 8.49. The van der Waals surface area contributed by atoms with Crippen LogP contribution in [0, 0.1) is 5.92 Å². The van der Waals surface area contributed by atoms with Gasteiger partial charge in [0.2, 0.25) is 5.95 Å². The van der Waals surface area contributed by atoms with Gasteiger partial charge in [0.15, 0.2) is 11.2 Å². The molecule has 21 heteroatoms. The van der Waals surface area contributed by atoms with Crippen molar-refractivity contribution < 1.29 is 161 Å². The van der Waals surface area contributed by atoms with E-state index in [1.807, 2.05) is 0 Å². The Labute approximate surface area is 276 Å². The van der Waals surface area contributed by atoms with Crippen molar-refractivity contribution in [1.82, 2.24) is 19.5 Å². The van der Waals surface area contributed by atoms with Crippen molar-refractivity contribution in [3.05, 3.63) is 16.7 Å². The second-order valence-electron chi connectivity index (χ2n) is 5.85. The van der Waals surface area contributed by atoms with Crippen LogP contribution in [0.2, 0.25) is 0 Å². The van der Waals surface area contributed by atoms with Gasteiger partial charge in [0, 0.05) is 12.5 Å². The van der Waals surface area contributed by atoms with Crippen molar-refractivity contribution in [2.75, 3.05) is 38.5 Å². The molecule has 2 rings (SSSR count). The van der Waals surface area contributed by atoms with Gasteiger partial charge < -0.3 is 53.0 Å². The van der Waals surface area contributed by atoms with Gasteiger partial charge in [-0.15, -0.1) is 0 Å². The van der Waals surface area contributed by atoms with Gasteiger partial charge in [-0.1, -0.05) is 0 Å². The number of phosphoric acid groups is 1. The molecule has 2 aromatic rings. The molecule has 1 atom stereocenters. The van der Waals surface area contributed by atoms with Crippen LogP contribution in [0.3, 0.4) is 0 Å². The quantitative estimate of drug-likeness (QED) is 0.143. The number of rotatable bonds is 12. The van der Waals surface area contributed by atoms with E-state index in [1.54, 1.807) is 0 Å². The number of aromatic amines is 1. The molecule has 0 aliphatic carbocycles.